The van der Waals surface area contributed by atoms with Crippen LogP contribution in [0.2, 0.25) is 0 Å². The molecule has 100 valence electrons. The molecule has 1 fully saturated rings. The van der Waals surface area contributed by atoms with E-state index in [1.54, 1.807) is 24.3 Å². The number of sulfonamides is 1. The second kappa shape index (κ2) is 4.28. The fraction of sp³-hybridized carbons (Fsp3) is 0.357. The Kier molecular flexibility index (Phi) is 2.83. The number of carbonyl (C=O) groups excluding carboxylic acids is 1. The summed E-state index contributed by atoms with van der Waals surface area (Å²) in [5, 5.41) is 0. The van der Waals surface area contributed by atoms with Gasteiger partial charge in [0.1, 0.15) is 5.78 Å². The van der Waals surface area contributed by atoms with Gasteiger partial charge in [0.05, 0.1) is 17.0 Å². The van der Waals surface area contributed by atoms with Crippen molar-refractivity contribution in [2.75, 3.05) is 0 Å². The average molecular weight is 277 g/mol. The average Bonchev–Trinajstić information content (AvgIpc) is 2.64. The van der Waals surface area contributed by atoms with Gasteiger partial charge in [-0.25, -0.2) is 8.42 Å². The standard InChI is InChI=1S/C14H15NO3S/c1-10-2-6-14(7-3-10)19(17,18)15-11-4-5-12(15)9-13(16)8-11/h2-7,11-12H,8-9H2,1H3. The topological polar surface area (TPSA) is 54.5 Å². The van der Waals surface area contributed by atoms with Gasteiger partial charge in [0.25, 0.3) is 0 Å². The zero-order valence-corrected chi connectivity index (χ0v) is 11.4. The Hall–Kier alpha value is -1.46. The third-order valence-electron chi connectivity index (χ3n) is 3.68. The number of aryl methyl sites for hydroxylation is 1. The molecule has 1 aromatic rings. The molecule has 2 aliphatic rings. The summed E-state index contributed by atoms with van der Waals surface area (Å²) in [7, 11) is -3.52. The van der Waals surface area contributed by atoms with E-state index >= 15 is 0 Å². The van der Waals surface area contributed by atoms with Crippen molar-refractivity contribution in [3.05, 3.63) is 42.0 Å². The first-order valence-electron chi connectivity index (χ1n) is 6.29. The van der Waals surface area contributed by atoms with Crippen LogP contribution < -0.4 is 0 Å². The van der Waals surface area contributed by atoms with E-state index in [9.17, 15) is 13.2 Å². The molecule has 0 aliphatic carbocycles. The van der Waals surface area contributed by atoms with Crippen molar-refractivity contribution in [2.24, 2.45) is 0 Å². The van der Waals surface area contributed by atoms with Crippen LogP contribution >= 0.6 is 0 Å². The summed E-state index contributed by atoms with van der Waals surface area (Å²) < 4.78 is 26.8. The monoisotopic (exact) mass is 277 g/mol. The Labute approximate surface area is 112 Å². The van der Waals surface area contributed by atoms with Gasteiger partial charge in [-0.1, -0.05) is 29.8 Å². The molecule has 2 aliphatic heterocycles. The van der Waals surface area contributed by atoms with Crippen LogP contribution in [0, 0.1) is 6.92 Å². The Morgan fingerprint density at radius 1 is 1.05 bits per heavy atom. The van der Waals surface area contributed by atoms with Crippen LogP contribution in [0.3, 0.4) is 0 Å². The summed E-state index contributed by atoms with van der Waals surface area (Å²) in [5.41, 5.74) is 1.02. The third-order valence-corrected chi connectivity index (χ3v) is 5.64. The summed E-state index contributed by atoms with van der Waals surface area (Å²) in [6.45, 7) is 1.92. The van der Waals surface area contributed by atoms with Crippen LogP contribution in [0.5, 0.6) is 0 Å². The first kappa shape index (κ1) is 12.6. The van der Waals surface area contributed by atoms with Gasteiger partial charge < -0.3 is 0 Å². The summed E-state index contributed by atoms with van der Waals surface area (Å²) >= 11 is 0. The van der Waals surface area contributed by atoms with Gasteiger partial charge in [-0.2, -0.15) is 4.31 Å². The highest BCUT2D eigenvalue weighted by Crippen LogP contribution is 2.33. The molecule has 5 heteroatoms. The summed E-state index contributed by atoms with van der Waals surface area (Å²) in [6.07, 6.45) is 4.25. The number of rotatable bonds is 2. The number of carbonyl (C=O) groups is 1. The van der Waals surface area contributed by atoms with E-state index in [1.807, 2.05) is 19.1 Å². The first-order chi connectivity index (χ1) is 8.98. The molecule has 19 heavy (non-hydrogen) atoms. The lowest BCUT2D eigenvalue weighted by Crippen LogP contribution is -2.47. The lowest BCUT2D eigenvalue weighted by Gasteiger charge is -2.33. The molecule has 3 rings (SSSR count). The smallest absolute Gasteiger partial charge is 0.244 e. The number of fused-ring (bicyclic) bond motifs is 2. The van der Waals surface area contributed by atoms with Crippen molar-refractivity contribution >= 4 is 15.8 Å². The number of ketones is 1. The molecule has 2 bridgehead atoms. The largest absolute Gasteiger partial charge is 0.300 e. The molecule has 0 amide bonds. The van der Waals surface area contributed by atoms with Gasteiger partial charge in [0, 0.05) is 12.8 Å². The van der Waals surface area contributed by atoms with E-state index in [-0.39, 0.29) is 30.7 Å². The minimum absolute atomic E-state index is 0.135. The minimum Gasteiger partial charge on any atom is -0.300 e. The summed E-state index contributed by atoms with van der Waals surface area (Å²) in [6, 6.07) is 6.21. The van der Waals surface area contributed by atoms with E-state index in [4.69, 9.17) is 0 Å². The molecule has 0 N–H and O–H groups in total. The van der Waals surface area contributed by atoms with Crippen LogP contribution in [0.15, 0.2) is 41.3 Å². The molecule has 0 saturated carbocycles. The normalized spacial score (nSPS) is 26.9. The number of nitrogens with zero attached hydrogens (tertiary/aromatic N) is 1. The maximum atomic E-state index is 12.6. The lowest BCUT2D eigenvalue weighted by molar-refractivity contribution is -0.121. The zero-order chi connectivity index (χ0) is 13.6. The number of piperidine rings is 1. The molecule has 2 atom stereocenters. The van der Waals surface area contributed by atoms with Crippen LogP contribution in [0.4, 0.5) is 0 Å². The van der Waals surface area contributed by atoms with Crippen molar-refractivity contribution in [3.63, 3.8) is 0 Å². The molecular weight excluding hydrogens is 262 g/mol. The molecule has 1 aromatic carbocycles. The number of hydrogen-bond donors (Lipinski definition) is 0. The van der Waals surface area contributed by atoms with E-state index in [2.05, 4.69) is 0 Å². The summed E-state index contributed by atoms with van der Waals surface area (Å²) in [5.74, 6) is 0.135. The molecular formula is C14H15NO3S. The fourth-order valence-electron chi connectivity index (χ4n) is 2.73. The lowest BCUT2D eigenvalue weighted by atomic mass is 10.0. The van der Waals surface area contributed by atoms with Gasteiger partial charge in [-0.15, -0.1) is 0 Å². The van der Waals surface area contributed by atoms with Crippen molar-refractivity contribution in [1.29, 1.82) is 0 Å². The predicted molar refractivity (Wildman–Crippen MR) is 71.2 cm³/mol. The van der Waals surface area contributed by atoms with Crippen molar-refractivity contribution in [1.82, 2.24) is 4.31 Å². The molecule has 0 spiro atoms. The molecule has 4 nitrogen and oxygen atoms in total. The van der Waals surface area contributed by atoms with Crippen LogP contribution in [0.1, 0.15) is 18.4 Å². The van der Waals surface area contributed by atoms with E-state index < -0.39 is 10.0 Å². The second-order valence-electron chi connectivity index (χ2n) is 5.11. The van der Waals surface area contributed by atoms with Gasteiger partial charge in [0.2, 0.25) is 10.0 Å². The number of Topliss-reactive ketones (excluding diaryl/α,β-unsaturated/α-hetero) is 1. The van der Waals surface area contributed by atoms with Crippen molar-refractivity contribution < 1.29 is 13.2 Å². The zero-order valence-electron chi connectivity index (χ0n) is 10.6. The van der Waals surface area contributed by atoms with Gasteiger partial charge >= 0.3 is 0 Å². The van der Waals surface area contributed by atoms with Gasteiger partial charge in [0.15, 0.2) is 0 Å². The van der Waals surface area contributed by atoms with E-state index in [0.29, 0.717) is 4.90 Å². The SMILES string of the molecule is Cc1ccc(S(=O)(=O)N2C3C=CC2CC(=O)C3)cc1. The fourth-order valence-corrected chi connectivity index (χ4v) is 4.45. The molecule has 2 heterocycles. The van der Waals surface area contributed by atoms with Gasteiger partial charge in [-0.05, 0) is 19.1 Å². The third kappa shape index (κ3) is 2.03. The maximum Gasteiger partial charge on any atom is 0.244 e. The van der Waals surface area contributed by atoms with Crippen LogP contribution in [0.25, 0.3) is 0 Å². The quantitative estimate of drug-likeness (QED) is 0.772. The number of hydrogen-bond acceptors (Lipinski definition) is 3. The highest BCUT2D eigenvalue weighted by Gasteiger charge is 2.43. The molecule has 0 radical (unpaired) electrons. The minimum atomic E-state index is -3.52. The van der Waals surface area contributed by atoms with Crippen molar-refractivity contribution in [2.45, 2.75) is 36.7 Å². The Morgan fingerprint density at radius 2 is 1.58 bits per heavy atom. The second-order valence-corrected chi connectivity index (χ2v) is 6.96. The van der Waals surface area contributed by atoms with Crippen molar-refractivity contribution in [3.8, 4) is 0 Å². The molecule has 0 aromatic heterocycles. The highest BCUT2D eigenvalue weighted by molar-refractivity contribution is 7.89. The van der Waals surface area contributed by atoms with Gasteiger partial charge in [-0.3, -0.25) is 4.79 Å². The Morgan fingerprint density at radius 3 is 2.11 bits per heavy atom. The van der Waals surface area contributed by atoms with E-state index in [0.717, 1.165) is 5.56 Å². The Bertz CT molecular complexity index is 628. The molecule has 1 saturated heterocycles. The Balaban J connectivity index is 1.98. The maximum absolute atomic E-state index is 12.6. The van der Waals surface area contributed by atoms with E-state index in [1.165, 1.54) is 4.31 Å². The predicted octanol–water partition coefficient (Wildman–Crippen LogP) is 1.66. The highest BCUT2D eigenvalue weighted by atomic mass is 32.2. The first-order valence-corrected chi connectivity index (χ1v) is 7.73. The number of benzene rings is 1. The summed E-state index contributed by atoms with van der Waals surface area (Å²) in [4.78, 5) is 11.8. The van der Waals surface area contributed by atoms with Crippen LogP contribution in [-0.4, -0.2) is 30.6 Å². The molecule has 2 unspecified atom stereocenters. The van der Waals surface area contributed by atoms with Crippen LogP contribution in [-0.2, 0) is 14.8 Å².